The van der Waals surface area contributed by atoms with Crippen LogP contribution in [0.2, 0.25) is 0 Å². The monoisotopic (exact) mass is 374 g/mol. The van der Waals surface area contributed by atoms with E-state index in [1.54, 1.807) is 12.1 Å². The normalized spacial score (nSPS) is 11.6. The smallest absolute Gasteiger partial charge is 0.336 e. The Bertz CT molecular complexity index is 937. The lowest BCUT2D eigenvalue weighted by molar-refractivity contribution is -0.132. The van der Waals surface area contributed by atoms with Gasteiger partial charge in [0.1, 0.15) is 0 Å². The summed E-state index contributed by atoms with van der Waals surface area (Å²) in [5, 5.41) is 12.0. The van der Waals surface area contributed by atoms with Crippen LogP contribution >= 0.6 is 0 Å². The van der Waals surface area contributed by atoms with Crippen LogP contribution in [0.5, 0.6) is 0 Å². The van der Waals surface area contributed by atoms with E-state index in [9.17, 15) is 14.7 Å². The Hall–Kier alpha value is -3.86. The summed E-state index contributed by atoms with van der Waals surface area (Å²) in [7, 11) is 0. The number of anilines is 2. The van der Waals surface area contributed by atoms with Gasteiger partial charge in [0.2, 0.25) is 0 Å². The highest BCUT2D eigenvalue weighted by molar-refractivity contribution is 6.14. The number of carboxylic acid groups (broad SMARTS) is 1. The average molecular weight is 374 g/mol. The molecule has 4 N–H and O–H groups in total. The molecule has 0 aliphatic rings. The first-order valence-electron chi connectivity index (χ1n) is 8.58. The molecule has 0 aliphatic carbocycles. The van der Waals surface area contributed by atoms with E-state index in [0.717, 1.165) is 23.2 Å². The van der Waals surface area contributed by atoms with Gasteiger partial charge in [0.15, 0.2) is 0 Å². The van der Waals surface area contributed by atoms with E-state index in [-0.39, 0.29) is 11.1 Å². The second kappa shape index (κ2) is 9.73. The Labute approximate surface area is 164 Å². The largest absolute Gasteiger partial charge is 0.478 e. The maximum absolute atomic E-state index is 12.6. The number of nitrogens with two attached hydrogens (primary N) is 1. The molecule has 0 saturated heterocycles. The van der Waals surface area contributed by atoms with Crippen LogP contribution < -0.4 is 11.1 Å². The Kier molecular flexibility index (Phi) is 7.11. The van der Waals surface area contributed by atoms with Crippen molar-refractivity contribution in [3.63, 3.8) is 0 Å². The number of carbonyl (C=O) groups is 2. The summed E-state index contributed by atoms with van der Waals surface area (Å²) in [6.45, 7) is 7.02. The van der Waals surface area contributed by atoms with E-state index in [1.165, 1.54) is 24.3 Å². The molecule has 0 radical (unpaired) electrons. The number of aliphatic carboxylic acids is 1. The Morgan fingerprint density at radius 3 is 1.89 bits per heavy atom. The van der Waals surface area contributed by atoms with Crippen molar-refractivity contribution in [2.45, 2.75) is 6.42 Å². The summed E-state index contributed by atoms with van der Waals surface area (Å²) in [5.41, 5.74) is 9.01. The highest BCUT2D eigenvalue weighted by Crippen LogP contribution is 2.18. The highest BCUT2D eigenvalue weighted by atomic mass is 16.4. The van der Waals surface area contributed by atoms with E-state index in [1.807, 2.05) is 36.4 Å². The van der Waals surface area contributed by atoms with Gasteiger partial charge in [-0.25, -0.2) is 4.79 Å². The number of rotatable bonds is 8. The molecule has 2 rings (SSSR count). The minimum absolute atomic E-state index is 0.00616. The third kappa shape index (κ3) is 5.57. The highest BCUT2D eigenvalue weighted by Gasteiger charge is 2.19. The maximum Gasteiger partial charge on any atom is 0.336 e. The maximum atomic E-state index is 12.6. The van der Waals surface area contributed by atoms with Gasteiger partial charge in [-0.3, -0.25) is 4.79 Å². The van der Waals surface area contributed by atoms with Gasteiger partial charge in [-0.05, 0) is 54.0 Å². The van der Waals surface area contributed by atoms with Crippen molar-refractivity contribution in [1.82, 2.24) is 0 Å². The molecule has 1 amide bonds. The van der Waals surface area contributed by atoms with Crippen molar-refractivity contribution in [1.29, 1.82) is 0 Å². The zero-order valence-corrected chi connectivity index (χ0v) is 15.4. The lowest BCUT2D eigenvalue weighted by Crippen LogP contribution is -2.19. The fourth-order valence-corrected chi connectivity index (χ4v) is 2.58. The third-order valence-corrected chi connectivity index (χ3v) is 3.93. The average Bonchev–Trinajstić information content (AvgIpc) is 2.67. The minimum atomic E-state index is -1.22. The van der Waals surface area contributed by atoms with E-state index >= 15 is 0 Å². The van der Waals surface area contributed by atoms with Gasteiger partial charge in [0, 0.05) is 11.4 Å². The summed E-state index contributed by atoms with van der Waals surface area (Å²) >= 11 is 0. The quantitative estimate of drug-likeness (QED) is 0.368. The van der Waals surface area contributed by atoms with E-state index in [4.69, 9.17) is 5.73 Å². The number of carbonyl (C=O) groups excluding carboxylic acids is 1. The Morgan fingerprint density at radius 2 is 1.39 bits per heavy atom. The zero-order valence-electron chi connectivity index (χ0n) is 15.4. The zero-order chi connectivity index (χ0) is 20.5. The van der Waals surface area contributed by atoms with Crippen molar-refractivity contribution in [2.24, 2.45) is 0 Å². The molecule has 0 atom stereocenters. The van der Waals surface area contributed by atoms with E-state index in [0.29, 0.717) is 5.69 Å². The first-order valence-corrected chi connectivity index (χ1v) is 8.58. The number of carboxylic acids is 1. The summed E-state index contributed by atoms with van der Waals surface area (Å²) in [6.07, 6.45) is 6.05. The van der Waals surface area contributed by atoms with Crippen molar-refractivity contribution in [2.75, 3.05) is 11.1 Å². The molecule has 5 heteroatoms. The van der Waals surface area contributed by atoms with Gasteiger partial charge in [-0.2, -0.15) is 0 Å². The van der Waals surface area contributed by atoms with Gasteiger partial charge < -0.3 is 16.2 Å². The summed E-state index contributed by atoms with van der Waals surface area (Å²) < 4.78 is 0. The first-order chi connectivity index (χ1) is 13.4. The molecule has 28 heavy (non-hydrogen) atoms. The van der Waals surface area contributed by atoms with Crippen LogP contribution in [0, 0.1) is 0 Å². The van der Waals surface area contributed by atoms with Gasteiger partial charge in [0.25, 0.3) is 5.91 Å². The molecule has 0 saturated carbocycles. The topological polar surface area (TPSA) is 92.4 Å². The van der Waals surface area contributed by atoms with Crippen LogP contribution in [0.1, 0.15) is 11.1 Å². The molecule has 2 aromatic rings. The van der Waals surface area contributed by atoms with Crippen LogP contribution in [0.4, 0.5) is 11.4 Å². The van der Waals surface area contributed by atoms with E-state index in [2.05, 4.69) is 18.5 Å². The van der Waals surface area contributed by atoms with Crippen LogP contribution in [0.3, 0.4) is 0 Å². The van der Waals surface area contributed by atoms with Crippen molar-refractivity contribution in [3.8, 4) is 0 Å². The van der Waals surface area contributed by atoms with E-state index < -0.39 is 11.9 Å². The Balaban J connectivity index is 2.14. The number of hydrogen-bond acceptors (Lipinski definition) is 3. The van der Waals surface area contributed by atoms with Crippen molar-refractivity contribution >= 4 is 23.3 Å². The number of nitrogen functional groups attached to an aromatic ring is 1. The standard InChI is InChI=1S/C23H22N2O3/c1-3-5-20(21(6-4-2)23(27)28)22(26)25-19-13-9-17(10-14-19)15-16-7-11-18(24)12-8-16/h3-14H,1-2,15,24H2,(H,25,26)(H,27,28)/b20-5+,21-6+. The van der Waals surface area contributed by atoms with Crippen LogP contribution in [-0.4, -0.2) is 17.0 Å². The predicted octanol–water partition coefficient (Wildman–Crippen LogP) is 4.11. The summed E-state index contributed by atoms with van der Waals surface area (Å²) in [5.74, 6) is -1.76. The Morgan fingerprint density at radius 1 is 0.893 bits per heavy atom. The number of nitrogens with one attached hydrogen (secondary N) is 1. The number of allylic oxidation sites excluding steroid dienone is 4. The van der Waals surface area contributed by atoms with Gasteiger partial charge in [-0.1, -0.05) is 49.6 Å². The molecule has 0 spiro atoms. The molecule has 0 aliphatic heterocycles. The minimum Gasteiger partial charge on any atom is -0.478 e. The molecule has 142 valence electrons. The number of benzene rings is 2. The molecule has 0 bridgehead atoms. The van der Waals surface area contributed by atoms with Gasteiger partial charge >= 0.3 is 5.97 Å². The van der Waals surface area contributed by atoms with Crippen LogP contribution in [0.25, 0.3) is 0 Å². The molecule has 0 aromatic heterocycles. The third-order valence-electron chi connectivity index (χ3n) is 3.93. The van der Waals surface area contributed by atoms with Gasteiger partial charge in [0.05, 0.1) is 11.1 Å². The second-order valence-electron chi connectivity index (χ2n) is 6.01. The molecule has 0 fully saturated rings. The van der Waals surface area contributed by atoms with Gasteiger partial charge in [-0.15, -0.1) is 0 Å². The van der Waals surface area contributed by atoms with Crippen LogP contribution in [-0.2, 0) is 16.0 Å². The lowest BCUT2D eigenvalue weighted by atomic mass is 10.0. The first kappa shape index (κ1) is 20.5. The number of amides is 1. The molecule has 2 aromatic carbocycles. The SMILES string of the molecule is C=C/C=C(C(=O)O)\C(=C/C=C)C(=O)Nc1ccc(Cc2ccc(N)cc2)cc1. The molecular formula is C23H22N2O3. The molecule has 5 nitrogen and oxygen atoms in total. The molecule has 0 heterocycles. The molecule has 0 unspecified atom stereocenters. The summed E-state index contributed by atoms with van der Waals surface area (Å²) in [6, 6.07) is 15.0. The molecular weight excluding hydrogens is 352 g/mol. The summed E-state index contributed by atoms with van der Waals surface area (Å²) in [4.78, 5) is 24.0. The fourth-order valence-electron chi connectivity index (χ4n) is 2.58. The van der Waals surface area contributed by atoms with Crippen LogP contribution in [0.15, 0.2) is 97.1 Å². The van der Waals surface area contributed by atoms with Crippen molar-refractivity contribution < 1.29 is 14.7 Å². The second-order valence-corrected chi connectivity index (χ2v) is 6.01. The predicted molar refractivity (Wildman–Crippen MR) is 113 cm³/mol. The van der Waals surface area contributed by atoms with Crippen molar-refractivity contribution in [3.05, 3.63) is 108 Å². The number of hydrogen-bond donors (Lipinski definition) is 3. The lowest BCUT2D eigenvalue weighted by Gasteiger charge is -2.10. The fraction of sp³-hybridized carbons (Fsp3) is 0.0435.